The lowest BCUT2D eigenvalue weighted by molar-refractivity contribution is 0.102. The molecule has 5 nitrogen and oxygen atoms in total. The number of ether oxygens (including phenoxy) is 1. The molecule has 7 heteroatoms. The molecule has 2 aromatic carbocycles. The molecule has 0 bridgehead atoms. The third kappa shape index (κ3) is 4.45. The Morgan fingerprint density at radius 1 is 1.00 bits per heavy atom. The summed E-state index contributed by atoms with van der Waals surface area (Å²) in [5, 5.41) is 7.07. The SMILES string of the molecule is COc1ccc(Cl)cc1NC(=O)c1ccnc(Nc2ccc(Cl)cc2)c1. The van der Waals surface area contributed by atoms with Crippen LogP contribution >= 0.6 is 23.2 Å². The van der Waals surface area contributed by atoms with E-state index in [1.54, 1.807) is 48.7 Å². The van der Waals surface area contributed by atoms with Gasteiger partial charge in [-0.05, 0) is 54.6 Å². The van der Waals surface area contributed by atoms with Crippen molar-refractivity contribution in [2.45, 2.75) is 0 Å². The minimum absolute atomic E-state index is 0.299. The molecule has 132 valence electrons. The summed E-state index contributed by atoms with van der Waals surface area (Å²) in [4.78, 5) is 16.8. The van der Waals surface area contributed by atoms with E-state index in [0.29, 0.717) is 32.9 Å². The molecule has 26 heavy (non-hydrogen) atoms. The monoisotopic (exact) mass is 387 g/mol. The number of halogens is 2. The van der Waals surface area contributed by atoms with Crippen LogP contribution in [0.4, 0.5) is 17.2 Å². The van der Waals surface area contributed by atoms with Gasteiger partial charge in [-0.1, -0.05) is 23.2 Å². The van der Waals surface area contributed by atoms with Gasteiger partial charge in [-0.15, -0.1) is 0 Å². The summed E-state index contributed by atoms with van der Waals surface area (Å²) in [6.45, 7) is 0. The summed E-state index contributed by atoms with van der Waals surface area (Å²) in [5.41, 5.74) is 1.75. The van der Waals surface area contributed by atoms with Gasteiger partial charge in [0, 0.05) is 27.5 Å². The number of anilines is 3. The summed E-state index contributed by atoms with van der Waals surface area (Å²) in [5.74, 6) is 0.765. The van der Waals surface area contributed by atoms with Crippen molar-refractivity contribution in [3.63, 3.8) is 0 Å². The number of hydrogen-bond acceptors (Lipinski definition) is 4. The molecule has 0 radical (unpaired) electrons. The number of nitrogens with zero attached hydrogens (tertiary/aromatic N) is 1. The Bertz CT molecular complexity index is 930. The molecule has 0 unspecified atom stereocenters. The average Bonchev–Trinajstić information content (AvgIpc) is 2.64. The number of rotatable bonds is 5. The van der Waals surface area contributed by atoms with E-state index >= 15 is 0 Å². The van der Waals surface area contributed by atoms with Gasteiger partial charge in [0.1, 0.15) is 11.6 Å². The maximum absolute atomic E-state index is 12.6. The van der Waals surface area contributed by atoms with Crippen molar-refractivity contribution in [1.29, 1.82) is 0 Å². The highest BCUT2D eigenvalue weighted by atomic mass is 35.5. The van der Waals surface area contributed by atoms with E-state index in [1.165, 1.54) is 7.11 Å². The fraction of sp³-hybridized carbons (Fsp3) is 0.0526. The van der Waals surface area contributed by atoms with E-state index in [0.717, 1.165) is 5.69 Å². The van der Waals surface area contributed by atoms with Gasteiger partial charge in [0.05, 0.1) is 12.8 Å². The second kappa shape index (κ2) is 8.08. The van der Waals surface area contributed by atoms with Crippen LogP contribution in [0.5, 0.6) is 5.75 Å². The van der Waals surface area contributed by atoms with Crippen molar-refractivity contribution in [2.24, 2.45) is 0 Å². The number of amides is 1. The van der Waals surface area contributed by atoms with Crippen molar-refractivity contribution >= 4 is 46.3 Å². The van der Waals surface area contributed by atoms with E-state index in [2.05, 4.69) is 15.6 Å². The van der Waals surface area contributed by atoms with Crippen LogP contribution in [0.1, 0.15) is 10.4 Å². The minimum Gasteiger partial charge on any atom is -0.495 e. The van der Waals surface area contributed by atoms with E-state index < -0.39 is 0 Å². The number of methoxy groups -OCH3 is 1. The van der Waals surface area contributed by atoms with Gasteiger partial charge in [0.25, 0.3) is 5.91 Å². The van der Waals surface area contributed by atoms with Crippen LogP contribution in [0.2, 0.25) is 10.0 Å². The molecular weight excluding hydrogens is 373 g/mol. The molecule has 2 N–H and O–H groups in total. The van der Waals surface area contributed by atoms with E-state index in [9.17, 15) is 4.79 Å². The molecule has 0 saturated carbocycles. The molecule has 0 aliphatic rings. The maximum atomic E-state index is 12.6. The quantitative estimate of drug-likeness (QED) is 0.615. The molecule has 0 atom stereocenters. The number of carbonyl (C=O) groups is 1. The van der Waals surface area contributed by atoms with Crippen LogP contribution in [0.15, 0.2) is 60.8 Å². The standard InChI is InChI=1S/C19H15Cl2N3O2/c1-26-17-7-4-14(21)11-16(17)24-19(25)12-8-9-22-18(10-12)23-15-5-2-13(20)3-6-15/h2-11H,1H3,(H,22,23)(H,24,25). The summed E-state index contributed by atoms with van der Waals surface area (Å²) in [7, 11) is 1.53. The van der Waals surface area contributed by atoms with Crippen molar-refractivity contribution in [3.05, 3.63) is 76.4 Å². The molecular formula is C19H15Cl2N3O2. The molecule has 0 aliphatic carbocycles. The van der Waals surface area contributed by atoms with Crippen molar-refractivity contribution in [2.75, 3.05) is 17.7 Å². The zero-order valence-electron chi connectivity index (χ0n) is 13.8. The van der Waals surface area contributed by atoms with Crippen LogP contribution in [0, 0.1) is 0 Å². The smallest absolute Gasteiger partial charge is 0.255 e. The Balaban J connectivity index is 1.78. The van der Waals surface area contributed by atoms with Gasteiger partial charge in [-0.2, -0.15) is 0 Å². The van der Waals surface area contributed by atoms with Crippen LogP contribution in [-0.4, -0.2) is 18.0 Å². The van der Waals surface area contributed by atoms with Crippen LogP contribution in [0.3, 0.4) is 0 Å². The molecule has 1 heterocycles. The van der Waals surface area contributed by atoms with Crippen LogP contribution < -0.4 is 15.4 Å². The average molecular weight is 388 g/mol. The Morgan fingerprint density at radius 3 is 2.46 bits per heavy atom. The lowest BCUT2D eigenvalue weighted by atomic mass is 10.2. The molecule has 3 rings (SSSR count). The molecule has 0 spiro atoms. The predicted octanol–water partition coefficient (Wildman–Crippen LogP) is 5.39. The van der Waals surface area contributed by atoms with Gasteiger partial charge < -0.3 is 15.4 Å². The fourth-order valence-corrected chi connectivity index (χ4v) is 2.59. The first-order chi connectivity index (χ1) is 12.5. The third-order valence-electron chi connectivity index (χ3n) is 3.55. The summed E-state index contributed by atoms with van der Waals surface area (Å²) < 4.78 is 5.24. The summed E-state index contributed by atoms with van der Waals surface area (Å²) >= 11 is 11.9. The first-order valence-electron chi connectivity index (χ1n) is 7.69. The zero-order valence-corrected chi connectivity index (χ0v) is 15.3. The second-order valence-corrected chi connectivity index (χ2v) is 6.23. The van der Waals surface area contributed by atoms with Crippen LogP contribution in [0.25, 0.3) is 0 Å². The summed E-state index contributed by atoms with van der Waals surface area (Å²) in [6.07, 6.45) is 1.56. The minimum atomic E-state index is -0.299. The van der Waals surface area contributed by atoms with E-state index in [-0.39, 0.29) is 5.91 Å². The molecule has 1 amide bonds. The Kier molecular flexibility index (Phi) is 5.61. The molecule has 0 saturated heterocycles. The normalized spacial score (nSPS) is 10.3. The number of benzene rings is 2. The Morgan fingerprint density at radius 2 is 1.73 bits per heavy atom. The molecule has 1 aromatic heterocycles. The molecule has 0 aliphatic heterocycles. The summed E-state index contributed by atoms with van der Waals surface area (Å²) in [6, 6.07) is 15.5. The highest BCUT2D eigenvalue weighted by Gasteiger charge is 2.11. The lowest BCUT2D eigenvalue weighted by Crippen LogP contribution is -2.13. The number of carbonyl (C=O) groups excluding carboxylic acids is 1. The van der Waals surface area contributed by atoms with E-state index in [1.807, 2.05) is 12.1 Å². The number of nitrogens with one attached hydrogen (secondary N) is 2. The number of aromatic nitrogens is 1. The number of pyridine rings is 1. The van der Waals surface area contributed by atoms with Crippen LogP contribution in [-0.2, 0) is 0 Å². The lowest BCUT2D eigenvalue weighted by Gasteiger charge is -2.11. The Hall–Kier alpha value is -2.76. The van der Waals surface area contributed by atoms with Gasteiger partial charge in [0.2, 0.25) is 0 Å². The highest BCUT2D eigenvalue weighted by Crippen LogP contribution is 2.28. The second-order valence-electron chi connectivity index (χ2n) is 5.36. The Labute approximate surface area is 160 Å². The van der Waals surface area contributed by atoms with Crippen molar-refractivity contribution < 1.29 is 9.53 Å². The highest BCUT2D eigenvalue weighted by molar-refractivity contribution is 6.31. The predicted molar refractivity (Wildman–Crippen MR) is 105 cm³/mol. The first kappa shape index (κ1) is 18.0. The van der Waals surface area contributed by atoms with Crippen molar-refractivity contribution in [3.8, 4) is 5.75 Å². The van der Waals surface area contributed by atoms with Gasteiger partial charge >= 0.3 is 0 Å². The van der Waals surface area contributed by atoms with E-state index in [4.69, 9.17) is 27.9 Å². The largest absolute Gasteiger partial charge is 0.495 e. The zero-order chi connectivity index (χ0) is 18.5. The fourth-order valence-electron chi connectivity index (χ4n) is 2.29. The van der Waals surface area contributed by atoms with Crippen molar-refractivity contribution in [1.82, 2.24) is 4.98 Å². The topological polar surface area (TPSA) is 63.2 Å². The first-order valence-corrected chi connectivity index (χ1v) is 8.44. The molecule has 3 aromatic rings. The van der Waals surface area contributed by atoms with Gasteiger partial charge in [-0.3, -0.25) is 4.79 Å². The molecule has 0 fully saturated rings. The number of hydrogen-bond donors (Lipinski definition) is 2. The maximum Gasteiger partial charge on any atom is 0.255 e. The van der Waals surface area contributed by atoms with Gasteiger partial charge in [-0.25, -0.2) is 4.98 Å². The van der Waals surface area contributed by atoms with Gasteiger partial charge in [0.15, 0.2) is 0 Å². The third-order valence-corrected chi connectivity index (χ3v) is 4.04.